The minimum atomic E-state index is -0.185. The van der Waals surface area contributed by atoms with Gasteiger partial charge in [0, 0.05) is 6.04 Å². The van der Waals surface area contributed by atoms with Gasteiger partial charge in [-0.25, -0.2) is 4.39 Å². The predicted molar refractivity (Wildman–Crippen MR) is 73.0 cm³/mol. The molecule has 0 fully saturated rings. The van der Waals surface area contributed by atoms with Gasteiger partial charge in [0.1, 0.15) is 5.82 Å². The summed E-state index contributed by atoms with van der Waals surface area (Å²) in [5.41, 5.74) is 2.45. The Morgan fingerprint density at radius 3 is 2.33 bits per heavy atom. The molecule has 0 bridgehead atoms. The summed E-state index contributed by atoms with van der Waals surface area (Å²) < 4.78 is 12.8. The molecule has 1 unspecified atom stereocenters. The Kier molecular flexibility index (Phi) is 4.48. The molecule has 1 N–H and O–H groups in total. The summed E-state index contributed by atoms with van der Waals surface area (Å²) in [5, 5.41) is 3.44. The number of halogens is 1. The second-order valence-electron chi connectivity index (χ2n) is 4.46. The van der Waals surface area contributed by atoms with E-state index >= 15 is 0 Å². The summed E-state index contributed by atoms with van der Waals surface area (Å²) in [4.78, 5) is 0. The van der Waals surface area contributed by atoms with E-state index in [0.29, 0.717) is 0 Å². The molecule has 0 aliphatic heterocycles. The molecule has 0 heterocycles. The van der Waals surface area contributed by atoms with Crippen molar-refractivity contribution in [3.05, 3.63) is 71.5 Å². The Balaban J connectivity index is 1.81. The van der Waals surface area contributed by atoms with Crippen LogP contribution in [0, 0.1) is 5.82 Å². The van der Waals surface area contributed by atoms with E-state index in [9.17, 15) is 4.39 Å². The Labute approximate surface area is 108 Å². The van der Waals surface area contributed by atoms with Gasteiger partial charge in [-0.15, -0.1) is 0 Å². The first kappa shape index (κ1) is 12.8. The molecular formula is C16H18FN. The molecule has 0 saturated heterocycles. The third-order valence-electron chi connectivity index (χ3n) is 3.08. The third kappa shape index (κ3) is 3.67. The second-order valence-corrected chi connectivity index (χ2v) is 4.46. The molecule has 2 rings (SSSR count). The molecule has 0 spiro atoms. The van der Waals surface area contributed by atoms with Crippen molar-refractivity contribution in [2.75, 3.05) is 6.54 Å². The second kappa shape index (κ2) is 6.31. The van der Waals surface area contributed by atoms with Crippen LogP contribution in [0.5, 0.6) is 0 Å². The van der Waals surface area contributed by atoms with Gasteiger partial charge in [0.05, 0.1) is 0 Å². The normalized spacial score (nSPS) is 12.3. The van der Waals surface area contributed by atoms with Gasteiger partial charge in [-0.2, -0.15) is 0 Å². The third-order valence-corrected chi connectivity index (χ3v) is 3.08. The molecule has 2 heteroatoms. The highest BCUT2D eigenvalue weighted by molar-refractivity contribution is 5.19. The molecule has 0 saturated carbocycles. The van der Waals surface area contributed by atoms with Crippen LogP contribution in [-0.4, -0.2) is 6.54 Å². The molecule has 2 aromatic carbocycles. The molecule has 2 aromatic rings. The van der Waals surface area contributed by atoms with Gasteiger partial charge in [0.2, 0.25) is 0 Å². The molecule has 0 radical (unpaired) electrons. The Morgan fingerprint density at radius 2 is 1.67 bits per heavy atom. The van der Waals surface area contributed by atoms with E-state index in [0.717, 1.165) is 18.5 Å². The molecule has 0 aliphatic carbocycles. The number of hydrogen-bond acceptors (Lipinski definition) is 1. The summed E-state index contributed by atoms with van der Waals surface area (Å²) in [5.74, 6) is -0.185. The van der Waals surface area contributed by atoms with Gasteiger partial charge in [0.15, 0.2) is 0 Å². The minimum absolute atomic E-state index is 0.185. The van der Waals surface area contributed by atoms with Gasteiger partial charge >= 0.3 is 0 Å². The Bertz CT molecular complexity index is 464. The first-order valence-corrected chi connectivity index (χ1v) is 6.28. The zero-order valence-electron chi connectivity index (χ0n) is 10.6. The number of benzene rings is 2. The lowest BCUT2D eigenvalue weighted by molar-refractivity contribution is 0.573. The molecule has 0 aliphatic rings. The van der Waals surface area contributed by atoms with Gasteiger partial charge < -0.3 is 5.32 Å². The van der Waals surface area contributed by atoms with E-state index in [4.69, 9.17) is 0 Å². The lowest BCUT2D eigenvalue weighted by atomic mass is 10.1. The van der Waals surface area contributed by atoms with E-state index in [-0.39, 0.29) is 11.9 Å². The standard InChI is InChI=1S/C16H18FN/c1-13(15-7-9-16(17)10-8-15)18-12-11-14-5-3-2-4-6-14/h2-10,13,18H,11-12H2,1H3. The van der Waals surface area contributed by atoms with Crippen molar-refractivity contribution < 1.29 is 4.39 Å². The van der Waals surface area contributed by atoms with Crippen molar-refractivity contribution in [1.29, 1.82) is 0 Å². The predicted octanol–water partition coefficient (Wildman–Crippen LogP) is 3.72. The fourth-order valence-electron chi connectivity index (χ4n) is 1.95. The summed E-state index contributed by atoms with van der Waals surface area (Å²) in [7, 11) is 0. The molecule has 1 atom stereocenters. The van der Waals surface area contributed by atoms with E-state index in [1.54, 1.807) is 0 Å². The fraction of sp³-hybridized carbons (Fsp3) is 0.250. The largest absolute Gasteiger partial charge is 0.310 e. The van der Waals surface area contributed by atoms with Crippen molar-refractivity contribution in [2.24, 2.45) is 0 Å². The average Bonchev–Trinajstić information content (AvgIpc) is 2.40. The van der Waals surface area contributed by atoms with E-state index in [1.807, 2.05) is 18.2 Å². The highest BCUT2D eigenvalue weighted by Crippen LogP contribution is 2.12. The lowest BCUT2D eigenvalue weighted by Crippen LogP contribution is -2.21. The lowest BCUT2D eigenvalue weighted by Gasteiger charge is -2.14. The number of hydrogen-bond donors (Lipinski definition) is 1. The van der Waals surface area contributed by atoms with Crippen molar-refractivity contribution in [3.63, 3.8) is 0 Å². The molecule has 18 heavy (non-hydrogen) atoms. The van der Waals surface area contributed by atoms with Crippen LogP contribution in [-0.2, 0) is 6.42 Å². The quantitative estimate of drug-likeness (QED) is 0.844. The maximum atomic E-state index is 12.8. The highest BCUT2D eigenvalue weighted by atomic mass is 19.1. The zero-order chi connectivity index (χ0) is 12.8. The van der Waals surface area contributed by atoms with Crippen LogP contribution in [0.15, 0.2) is 54.6 Å². The maximum Gasteiger partial charge on any atom is 0.123 e. The van der Waals surface area contributed by atoms with Crippen LogP contribution in [0.1, 0.15) is 24.1 Å². The summed E-state index contributed by atoms with van der Waals surface area (Å²) in [6.07, 6.45) is 1.01. The van der Waals surface area contributed by atoms with Crippen LogP contribution >= 0.6 is 0 Å². The molecule has 94 valence electrons. The first-order valence-electron chi connectivity index (χ1n) is 6.28. The monoisotopic (exact) mass is 243 g/mol. The summed E-state index contributed by atoms with van der Waals surface area (Å²) in [6.45, 7) is 3.01. The molecule has 0 amide bonds. The van der Waals surface area contributed by atoms with Gasteiger partial charge in [-0.05, 0) is 43.1 Å². The van der Waals surface area contributed by atoms with Gasteiger partial charge in [-0.1, -0.05) is 42.5 Å². The van der Waals surface area contributed by atoms with Crippen LogP contribution < -0.4 is 5.32 Å². The first-order chi connectivity index (χ1) is 8.75. The fourth-order valence-corrected chi connectivity index (χ4v) is 1.95. The SMILES string of the molecule is CC(NCCc1ccccc1)c1ccc(F)cc1. The zero-order valence-corrected chi connectivity index (χ0v) is 10.6. The number of nitrogens with one attached hydrogen (secondary N) is 1. The van der Waals surface area contributed by atoms with E-state index in [1.165, 1.54) is 17.7 Å². The minimum Gasteiger partial charge on any atom is -0.310 e. The average molecular weight is 243 g/mol. The van der Waals surface area contributed by atoms with Crippen molar-refractivity contribution in [1.82, 2.24) is 5.32 Å². The number of rotatable bonds is 5. The topological polar surface area (TPSA) is 12.0 Å². The molecule has 0 aromatic heterocycles. The maximum absolute atomic E-state index is 12.8. The molecule has 1 nitrogen and oxygen atoms in total. The van der Waals surface area contributed by atoms with E-state index < -0.39 is 0 Å². The smallest absolute Gasteiger partial charge is 0.123 e. The van der Waals surface area contributed by atoms with Crippen molar-refractivity contribution in [2.45, 2.75) is 19.4 Å². The van der Waals surface area contributed by atoms with Crippen molar-refractivity contribution in [3.8, 4) is 0 Å². The molecular weight excluding hydrogens is 225 g/mol. The summed E-state index contributed by atoms with van der Waals surface area (Å²) >= 11 is 0. The van der Waals surface area contributed by atoms with Crippen LogP contribution in [0.2, 0.25) is 0 Å². The van der Waals surface area contributed by atoms with Crippen molar-refractivity contribution >= 4 is 0 Å². The Hall–Kier alpha value is -1.67. The van der Waals surface area contributed by atoms with Crippen LogP contribution in [0.25, 0.3) is 0 Å². The van der Waals surface area contributed by atoms with E-state index in [2.05, 4.69) is 36.5 Å². The Morgan fingerprint density at radius 1 is 1.00 bits per heavy atom. The van der Waals surface area contributed by atoms with Gasteiger partial charge in [0.25, 0.3) is 0 Å². The van der Waals surface area contributed by atoms with Gasteiger partial charge in [-0.3, -0.25) is 0 Å². The summed E-state index contributed by atoms with van der Waals surface area (Å²) in [6, 6.07) is 17.3. The highest BCUT2D eigenvalue weighted by Gasteiger charge is 2.04. The van der Waals surface area contributed by atoms with Crippen LogP contribution in [0.4, 0.5) is 4.39 Å². The van der Waals surface area contributed by atoms with Crippen LogP contribution in [0.3, 0.4) is 0 Å².